The van der Waals surface area contributed by atoms with Crippen LogP contribution in [0.15, 0.2) is 11.7 Å². The van der Waals surface area contributed by atoms with Gasteiger partial charge in [-0.3, -0.25) is 0 Å². The highest BCUT2D eigenvalue weighted by atomic mass is 32.1. The Morgan fingerprint density at radius 1 is 1.44 bits per heavy atom. The minimum Gasteiger partial charge on any atom is -0.353 e. The monoisotopic (exact) mass is 263 g/mol. The minimum atomic E-state index is 0.575. The molecule has 3 rings (SSSR count). The largest absolute Gasteiger partial charge is 0.353 e. The van der Waals surface area contributed by atoms with Crippen molar-refractivity contribution in [2.24, 2.45) is 5.92 Å². The van der Waals surface area contributed by atoms with Gasteiger partial charge in [-0.25, -0.2) is 15.0 Å². The smallest absolute Gasteiger partial charge is 0.224 e. The second kappa shape index (κ2) is 4.78. The first-order valence-electron chi connectivity index (χ1n) is 6.20. The van der Waals surface area contributed by atoms with Crippen molar-refractivity contribution in [2.75, 3.05) is 26.0 Å². The highest BCUT2D eigenvalue weighted by Crippen LogP contribution is 2.34. The standard InChI is InChI=1S/C12H17N5S/c1-17(2)10(8-3-4-8)6-14-12-13-5-9-11(16-12)18-7-15-9/h5,7-8,10H,3-4,6H2,1-2H3,(H,13,14,16). The molecule has 0 bridgehead atoms. The minimum absolute atomic E-state index is 0.575. The van der Waals surface area contributed by atoms with Gasteiger partial charge in [0.25, 0.3) is 0 Å². The van der Waals surface area contributed by atoms with Gasteiger partial charge in [-0.2, -0.15) is 0 Å². The van der Waals surface area contributed by atoms with Crippen LogP contribution in [0.2, 0.25) is 0 Å². The number of aromatic nitrogens is 3. The fourth-order valence-electron chi connectivity index (χ4n) is 2.20. The molecule has 18 heavy (non-hydrogen) atoms. The lowest BCUT2D eigenvalue weighted by Crippen LogP contribution is -2.36. The molecule has 0 amide bonds. The Bertz CT molecular complexity index is 532. The Morgan fingerprint density at radius 3 is 3.00 bits per heavy atom. The zero-order valence-corrected chi connectivity index (χ0v) is 11.4. The van der Waals surface area contributed by atoms with Crippen LogP contribution in [0.1, 0.15) is 12.8 Å². The molecule has 1 N–H and O–H groups in total. The molecule has 2 heterocycles. The zero-order valence-electron chi connectivity index (χ0n) is 10.6. The third kappa shape index (κ3) is 2.44. The highest BCUT2D eigenvalue weighted by molar-refractivity contribution is 7.16. The average molecular weight is 263 g/mol. The van der Waals surface area contributed by atoms with Gasteiger partial charge in [-0.1, -0.05) is 0 Å². The summed E-state index contributed by atoms with van der Waals surface area (Å²) in [6.45, 7) is 0.905. The van der Waals surface area contributed by atoms with E-state index in [0.717, 1.165) is 22.8 Å². The average Bonchev–Trinajstić information content (AvgIpc) is 3.07. The van der Waals surface area contributed by atoms with Gasteiger partial charge in [0.1, 0.15) is 10.3 Å². The van der Waals surface area contributed by atoms with Gasteiger partial charge in [0.05, 0.1) is 11.7 Å². The van der Waals surface area contributed by atoms with Gasteiger partial charge in [-0.15, -0.1) is 11.3 Å². The molecule has 0 spiro atoms. The van der Waals surface area contributed by atoms with Gasteiger partial charge in [0.2, 0.25) is 5.95 Å². The van der Waals surface area contributed by atoms with Crippen LogP contribution in [0, 0.1) is 5.92 Å². The van der Waals surface area contributed by atoms with Crippen LogP contribution in [0.4, 0.5) is 5.95 Å². The SMILES string of the molecule is CN(C)C(CNc1ncc2ncsc2n1)C1CC1. The van der Waals surface area contributed by atoms with Gasteiger partial charge >= 0.3 is 0 Å². The zero-order chi connectivity index (χ0) is 12.5. The lowest BCUT2D eigenvalue weighted by molar-refractivity contribution is 0.276. The van der Waals surface area contributed by atoms with Crippen LogP contribution < -0.4 is 5.32 Å². The van der Waals surface area contributed by atoms with Gasteiger partial charge in [-0.05, 0) is 32.9 Å². The van der Waals surface area contributed by atoms with E-state index in [1.165, 1.54) is 12.8 Å². The summed E-state index contributed by atoms with van der Waals surface area (Å²) in [6, 6.07) is 0.575. The number of fused-ring (bicyclic) bond motifs is 1. The number of likely N-dealkylation sites (N-methyl/N-ethyl adjacent to an activating group) is 1. The van der Waals surface area contributed by atoms with Crippen molar-refractivity contribution >= 4 is 27.6 Å². The van der Waals surface area contributed by atoms with E-state index in [0.29, 0.717) is 12.0 Å². The van der Waals surface area contributed by atoms with E-state index >= 15 is 0 Å². The Labute approximate surface area is 110 Å². The molecule has 1 fully saturated rings. The van der Waals surface area contributed by atoms with E-state index in [-0.39, 0.29) is 0 Å². The van der Waals surface area contributed by atoms with Crippen molar-refractivity contribution in [3.63, 3.8) is 0 Å². The number of hydrogen-bond acceptors (Lipinski definition) is 6. The molecule has 2 aromatic heterocycles. The van der Waals surface area contributed by atoms with E-state index < -0.39 is 0 Å². The number of rotatable bonds is 5. The molecule has 0 aliphatic heterocycles. The predicted molar refractivity (Wildman–Crippen MR) is 73.9 cm³/mol. The highest BCUT2D eigenvalue weighted by Gasteiger charge is 2.32. The molecule has 1 atom stereocenters. The van der Waals surface area contributed by atoms with Crippen molar-refractivity contribution in [1.29, 1.82) is 0 Å². The van der Waals surface area contributed by atoms with Crippen molar-refractivity contribution < 1.29 is 0 Å². The summed E-state index contributed by atoms with van der Waals surface area (Å²) in [5.41, 5.74) is 2.67. The van der Waals surface area contributed by atoms with E-state index in [2.05, 4.69) is 39.3 Å². The fraction of sp³-hybridized carbons (Fsp3) is 0.583. The number of nitrogens with zero attached hydrogens (tertiary/aromatic N) is 4. The van der Waals surface area contributed by atoms with Crippen molar-refractivity contribution in [3.05, 3.63) is 11.7 Å². The van der Waals surface area contributed by atoms with Gasteiger partial charge < -0.3 is 10.2 Å². The molecule has 1 unspecified atom stereocenters. The normalized spacial score (nSPS) is 17.3. The first-order valence-corrected chi connectivity index (χ1v) is 7.08. The molecule has 96 valence electrons. The molecule has 1 aliphatic carbocycles. The quantitative estimate of drug-likeness (QED) is 0.892. The summed E-state index contributed by atoms with van der Waals surface area (Å²) in [5, 5.41) is 3.34. The summed E-state index contributed by atoms with van der Waals surface area (Å²) in [5.74, 6) is 1.54. The Balaban J connectivity index is 1.67. The van der Waals surface area contributed by atoms with E-state index in [4.69, 9.17) is 0 Å². The first-order chi connectivity index (χ1) is 8.74. The van der Waals surface area contributed by atoms with Crippen molar-refractivity contribution in [1.82, 2.24) is 19.9 Å². The molecule has 0 radical (unpaired) electrons. The Hall–Kier alpha value is -1.27. The number of nitrogens with one attached hydrogen (secondary N) is 1. The topological polar surface area (TPSA) is 53.9 Å². The molecule has 0 aromatic carbocycles. The van der Waals surface area contributed by atoms with Crippen LogP contribution in [0.25, 0.3) is 10.3 Å². The molecule has 1 aliphatic rings. The van der Waals surface area contributed by atoms with E-state index in [1.54, 1.807) is 23.0 Å². The molecular formula is C12H17N5S. The van der Waals surface area contributed by atoms with Gasteiger partial charge in [0.15, 0.2) is 0 Å². The molecule has 1 saturated carbocycles. The third-order valence-electron chi connectivity index (χ3n) is 3.39. The van der Waals surface area contributed by atoms with Crippen molar-refractivity contribution in [3.8, 4) is 0 Å². The number of anilines is 1. The maximum Gasteiger partial charge on any atom is 0.224 e. The van der Waals surface area contributed by atoms with Crippen LogP contribution in [0.5, 0.6) is 0 Å². The van der Waals surface area contributed by atoms with Crippen LogP contribution in [0.3, 0.4) is 0 Å². The summed E-state index contributed by atoms with van der Waals surface area (Å²) in [6.07, 6.45) is 4.47. The Morgan fingerprint density at radius 2 is 2.28 bits per heavy atom. The second-order valence-corrected chi connectivity index (χ2v) is 5.82. The maximum absolute atomic E-state index is 4.46. The van der Waals surface area contributed by atoms with E-state index in [9.17, 15) is 0 Å². The number of thiazole rings is 1. The number of hydrogen-bond donors (Lipinski definition) is 1. The molecule has 0 saturated heterocycles. The van der Waals surface area contributed by atoms with E-state index in [1.807, 2.05) is 0 Å². The first kappa shape index (κ1) is 11.8. The summed E-state index contributed by atoms with van der Waals surface area (Å²) < 4.78 is 0. The summed E-state index contributed by atoms with van der Waals surface area (Å²) in [7, 11) is 4.27. The van der Waals surface area contributed by atoms with Crippen LogP contribution >= 0.6 is 11.3 Å². The van der Waals surface area contributed by atoms with Crippen LogP contribution in [-0.4, -0.2) is 46.5 Å². The third-order valence-corrected chi connectivity index (χ3v) is 4.13. The molecule has 2 aromatic rings. The fourth-order valence-corrected chi connectivity index (χ4v) is 2.83. The Kier molecular flexibility index (Phi) is 3.13. The summed E-state index contributed by atoms with van der Waals surface area (Å²) >= 11 is 1.55. The molecule has 5 nitrogen and oxygen atoms in total. The maximum atomic E-state index is 4.46. The second-order valence-electron chi connectivity index (χ2n) is 4.99. The van der Waals surface area contributed by atoms with Crippen LogP contribution in [-0.2, 0) is 0 Å². The summed E-state index contributed by atoms with van der Waals surface area (Å²) in [4.78, 5) is 16.2. The van der Waals surface area contributed by atoms with Crippen molar-refractivity contribution in [2.45, 2.75) is 18.9 Å². The molecule has 6 heteroatoms. The predicted octanol–water partition coefficient (Wildman–Crippen LogP) is 1.84. The lowest BCUT2D eigenvalue weighted by atomic mass is 10.1. The lowest BCUT2D eigenvalue weighted by Gasteiger charge is -2.24. The molecular weight excluding hydrogens is 246 g/mol. The van der Waals surface area contributed by atoms with Gasteiger partial charge in [0, 0.05) is 12.6 Å².